The van der Waals surface area contributed by atoms with Crippen molar-refractivity contribution in [2.75, 3.05) is 5.32 Å². The topological polar surface area (TPSA) is 63.2 Å². The van der Waals surface area contributed by atoms with E-state index < -0.39 is 22.5 Å². The van der Waals surface area contributed by atoms with Crippen LogP contribution in [0.3, 0.4) is 0 Å². The lowest BCUT2D eigenvalue weighted by Gasteiger charge is -2.30. The van der Waals surface area contributed by atoms with Crippen molar-refractivity contribution in [2.24, 2.45) is 0 Å². The molecule has 118 valence electrons. The number of halogens is 2. The Kier molecular flexibility index (Phi) is 4.42. The van der Waals surface area contributed by atoms with E-state index in [1.807, 2.05) is 0 Å². The first-order chi connectivity index (χ1) is 10.2. The van der Waals surface area contributed by atoms with E-state index in [1.54, 1.807) is 20.8 Å². The van der Waals surface area contributed by atoms with Crippen molar-refractivity contribution in [3.8, 4) is 0 Å². The Morgan fingerprint density at radius 2 is 2.23 bits per heavy atom. The molecule has 0 aliphatic carbocycles. The number of nitrogens with one attached hydrogen (secondary N) is 2. The number of carbonyl (C=O) groups is 1. The Bertz CT molecular complexity index is 640. The van der Waals surface area contributed by atoms with Crippen LogP contribution >= 0.6 is 11.6 Å². The first-order valence-corrected chi connectivity index (χ1v) is 7.04. The molecule has 0 saturated carbocycles. The molecule has 0 spiro atoms. The van der Waals surface area contributed by atoms with Gasteiger partial charge in [-0.3, -0.25) is 10.3 Å². The molecule has 1 aromatic rings. The zero-order valence-corrected chi connectivity index (χ0v) is 13.2. The van der Waals surface area contributed by atoms with Crippen molar-refractivity contribution in [3.05, 3.63) is 48.2 Å². The summed E-state index contributed by atoms with van der Waals surface area (Å²) < 4.78 is 19.3. The van der Waals surface area contributed by atoms with E-state index in [2.05, 4.69) is 15.6 Å². The lowest BCUT2D eigenvalue weighted by Crippen LogP contribution is -2.37. The summed E-state index contributed by atoms with van der Waals surface area (Å²) in [6.07, 6.45) is 6.45. The SMILES string of the molecule is CC(C)(C)OC(=O)Nc1cnccc1C1(Cl)NC=CC=C1F. The van der Waals surface area contributed by atoms with Crippen LogP contribution in [-0.2, 0) is 9.73 Å². The van der Waals surface area contributed by atoms with E-state index >= 15 is 0 Å². The first kappa shape index (κ1) is 16.3. The van der Waals surface area contributed by atoms with Gasteiger partial charge in [-0.1, -0.05) is 11.6 Å². The highest BCUT2D eigenvalue weighted by Crippen LogP contribution is 2.40. The highest BCUT2D eigenvalue weighted by atomic mass is 35.5. The van der Waals surface area contributed by atoms with Crippen LogP contribution in [0, 0.1) is 0 Å². The van der Waals surface area contributed by atoms with Crippen LogP contribution in [0.5, 0.6) is 0 Å². The third kappa shape index (κ3) is 3.57. The minimum absolute atomic E-state index is 0.262. The molecule has 1 atom stereocenters. The molecule has 1 unspecified atom stereocenters. The fraction of sp³-hybridized carbons (Fsp3) is 0.333. The lowest BCUT2D eigenvalue weighted by atomic mass is 10.0. The second kappa shape index (κ2) is 5.96. The van der Waals surface area contributed by atoms with E-state index in [0.29, 0.717) is 5.56 Å². The van der Waals surface area contributed by atoms with Crippen LogP contribution in [0.2, 0.25) is 0 Å². The quantitative estimate of drug-likeness (QED) is 0.641. The lowest BCUT2D eigenvalue weighted by molar-refractivity contribution is 0.0635. The highest BCUT2D eigenvalue weighted by molar-refractivity contribution is 6.26. The van der Waals surface area contributed by atoms with Gasteiger partial charge in [0.05, 0.1) is 11.9 Å². The van der Waals surface area contributed by atoms with Crippen molar-refractivity contribution in [2.45, 2.75) is 31.4 Å². The average Bonchev–Trinajstić information content (AvgIpc) is 2.40. The predicted octanol–water partition coefficient (Wildman–Crippen LogP) is 3.79. The van der Waals surface area contributed by atoms with E-state index in [0.717, 1.165) is 0 Å². The molecular formula is C15H17ClFN3O2. The van der Waals surface area contributed by atoms with Crippen LogP contribution in [-0.4, -0.2) is 16.7 Å². The number of carbonyl (C=O) groups excluding carboxylic acids is 1. The second-order valence-corrected chi connectivity index (χ2v) is 6.29. The highest BCUT2D eigenvalue weighted by Gasteiger charge is 2.37. The molecule has 2 N–H and O–H groups in total. The number of rotatable bonds is 2. The molecule has 0 radical (unpaired) electrons. The van der Waals surface area contributed by atoms with E-state index in [9.17, 15) is 9.18 Å². The molecule has 0 aromatic carbocycles. The molecule has 1 aliphatic heterocycles. The summed E-state index contributed by atoms with van der Waals surface area (Å²) in [4.78, 5) is 14.2. The first-order valence-electron chi connectivity index (χ1n) is 6.66. The summed E-state index contributed by atoms with van der Waals surface area (Å²) >= 11 is 6.35. The van der Waals surface area contributed by atoms with Crippen LogP contribution in [0.1, 0.15) is 26.3 Å². The smallest absolute Gasteiger partial charge is 0.412 e. The number of ether oxygens (including phenoxy) is 1. The maximum absolute atomic E-state index is 14.2. The van der Waals surface area contributed by atoms with Crippen LogP contribution < -0.4 is 10.6 Å². The Hall–Kier alpha value is -2.08. The van der Waals surface area contributed by atoms with Gasteiger partial charge in [0.25, 0.3) is 0 Å². The largest absolute Gasteiger partial charge is 0.444 e. The number of hydrogen-bond donors (Lipinski definition) is 2. The molecule has 1 aromatic heterocycles. The maximum atomic E-state index is 14.2. The molecule has 0 saturated heterocycles. The Morgan fingerprint density at radius 3 is 2.86 bits per heavy atom. The molecule has 2 rings (SSSR count). The van der Waals surface area contributed by atoms with Gasteiger partial charge in [0.15, 0.2) is 5.00 Å². The monoisotopic (exact) mass is 325 g/mol. The summed E-state index contributed by atoms with van der Waals surface area (Å²) in [7, 11) is 0. The number of anilines is 1. The van der Waals surface area contributed by atoms with Crippen LogP contribution in [0.4, 0.5) is 14.9 Å². The fourth-order valence-corrected chi connectivity index (χ4v) is 2.18. The molecular weight excluding hydrogens is 309 g/mol. The standard InChI is InChI=1S/C15H17ClFN3O2/c1-14(2,3)22-13(21)20-11-9-18-8-6-10(11)15(16)12(17)5-4-7-19-15/h4-9,19H,1-3H3,(H,20,21). The third-order valence-corrected chi connectivity index (χ3v) is 3.27. The van der Waals surface area contributed by atoms with E-state index in [1.165, 1.54) is 36.8 Å². The van der Waals surface area contributed by atoms with Crippen molar-refractivity contribution in [3.63, 3.8) is 0 Å². The number of allylic oxidation sites excluding steroid dienone is 2. The van der Waals surface area contributed by atoms with E-state index in [4.69, 9.17) is 16.3 Å². The zero-order chi connectivity index (χ0) is 16.4. The summed E-state index contributed by atoms with van der Waals surface area (Å²) in [5.74, 6) is -0.588. The van der Waals surface area contributed by atoms with Gasteiger partial charge in [0.2, 0.25) is 0 Å². The maximum Gasteiger partial charge on any atom is 0.412 e. The van der Waals surface area contributed by atoms with Gasteiger partial charge in [-0.2, -0.15) is 0 Å². The normalized spacial score (nSPS) is 20.9. The number of alkyl halides is 1. The minimum Gasteiger partial charge on any atom is -0.444 e. The molecule has 1 aliphatic rings. The molecule has 7 heteroatoms. The molecule has 2 heterocycles. The average molecular weight is 326 g/mol. The van der Waals surface area contributed by atoms with Crippen molar-refractivity contribution in [1.82, 2.24) is 10.3 Å². The number of amides is 1. The van der Waals surface area contributed by atoms with Crippen LogP contribution in [0.15, 0.2) is 42.6 Å². The summed E-state index contributed by atoms with van der Waals surface area (Å²) in [6, 6.07) is 1.53. The van der Waals surface area contributed by atoms with Gasteiger partial charge in [-0.25, -0.2) is 9.18 Å². The Balaban J connectivity index is 2.30. The minimum atomic E-state index is -1.60. The summed E-state index contributed by atoms with van der Waals surface area (Å²) in [5, 5.41) is 5.29. The van der Waals surface area contributed by atoms with Crippen molar-refractivity contribution < 1.29 is 13.9 Å². The number of hydrogen-bond acceptors (Lipinski definition) is 4. The Morgan fingerprint density at radius 1 is 1.50 bits per heavy atom. The molecule has 0 bridgehead atoms. The molecule has 22 heavy (non-hydrogen) atoms. The molecule has 1 amide bonds. The van der Waals surface area contributed by atoms with E-state index in [-0.39, 0.29) is 5.69 Å². The molecule has 0 fully saturated rings. The number of pyridine rings is 1. The van der Waals surface area contributed by atoms with Gasteiger partial charge in [0.1, 0.15) is 11.4 Å². The third-order valence-electron chi connectivity index (χ3n) is 2.78. The van der Waals surface area contributed by atoms with Gasteiger partial charge in [0, 0.05) is 11.8 Å². The number of dihydropyridines is 1. The summed E-state index contributed by atoms with van der Waals surface area (Å²) in [5.41, 5.74) is -0.0616. The van der Waals surface area contributed by atoms with Crippen molar-refractivity contribution in [1.29, 1.82) is 0 Å². The zero-order valence-electron chi connectivity index (χ0n) is 12.5. The molecule has 5 nitrogen and oxygen atoms in total. The number of nitrogens with zero attached hydrogens (tertiary/aromatic N) is 1. The van der Waals surface area contributed by atoms with Gasteiger partial charge >= 0.3 is 6.09 Å². The predicted molar refractivity (Wildman–Crippen MR) is 83.1 cm³/mol. The van der Waals surface area contributed by atoms with Gasteiger partial charge in [-0.05, 0) is 45.2 Å². The Labute approximate surface area is 133 Å². The second-order valence-electron chi connectivity index (χ2n) is 5.72. The van der Waals surface area contributed by atoms with Crippen LogP contribution in [0.25, 0.3) is 0 Å². The summed E-state index contributed by atoms with van der Waals surface area (Å²) in [6.45, 7) is 5.24. The van der Waals surface area contributed by atoms with Gasteiger partial charge < -0.3 is 10.1 Å². The number of aromatic nitrogens is 1. The fourth-order valence-electron chi connectivity index (χ4n) is 1.89. The van der Waals surface area contributed by atoms with Crippen molar-refractivity contribution >= 4 is 23.4 Å². The van der Waals surface area contributed by atoms with Gasteiger partial charge in [-0.15, -0.1) is 0 Å².